The number of piperidine rings is 1. The summed E-state index contributed by atoms with van der Waals surface area (Å²) in [5, 5.41) is 3.64. The fourth-order valence-corrected chi connectivity index (χ4v) is 3.13. The Morgan fingerprint density at radius 3 is 2.94 bits per heavy atom. The molecule has 0 spiro atoms. The summed E-state index contributed by atoms with van der Waals surface area (Å²) in [6.07, 6.45) is 2.74. The Kier molecular flexibility index (Phi) is 3.81. The number of nitrogens with zero attached hydrogens (tertiary/aromatic N) is 1. The number of likely N-dealkylation sites (tertiary alicyclic amines) is 1. The summed E-state index contributed by atoms with van der Waals surface area (Å²) in [6.45, 7) is 5.49. The van der Waals surface area contributed by atoms with Crippen LogP contribution in [0, 0.1) is 5.92 Å². The van der Waals surface area contributed by atoms with E-state index in [2.05, 4.69) is 10.2 Å². The van der Waals surface area contributed by atoms with Crippen LogP contribution in [0.25, 0.3) is 0 Å². The van der Waals surface area contributed by atoms with E-state index in [-0.39, 0.29) is 0 Å². The zero-order valence-corrected chi connectivity index (χ0v) is 10.8. The first-order valence-electron chi connectivity index (χ1n) is 7.05. The molecule has 3 rings (SSSR count). The Morgan fingerprint density at radius 1 is 1.22 bits per heavy atom. The second-order valence-corrected chi connectivity index (χ2v) is 5.38. The number of benzene rings is 1. The van der Waals surface area contributed by atoms with Crippen molar-refractivity contribution >= 4 is 0 Å². The van der Waals surface area contributed by atoms with Gasteiger partial charge in [0.05, 0.1) is 0 Å². The average Bonchev–Trinajstić information content (AvgIpc) is 2.82. The molecule has 2 heterocycles. The summed E-state index contributed by atoms with van der Waals surface area (Å²) in [7, 11) is 0. The first kappa shape index (κ1) is 12.0. The van der Waals surface area contributed by atoms with Gasteiger partial charge >= 0.3 is 0 Å². The fourth-order valence-electron chi connectivity index (χ4n) is 3.13. The highest BCUT2D eigenvalue weighted by molar-refractivity contribution is 5.20. The molecule has 1 N–H and O–H groups in total. The lowest BCUT2D eigenvalue weighted by atomic mass is 9.94. The maximum absolute atomic E-state index is 5.76. The van der Waals surface area contributed by atoms with Crippen LogP contribution in [0.1, 0.15) is 12.8 Å². The Labute approximate surface area is 109 Å². The van der Waals surface area contributed by atoms with Crippen LogP contribution in [0.3, 0.4) is 0 Å². The lowest BCUT2D eigenvalue weighted by molar-refractivity contribution is 0.232. The molecule has 0 saturated carbocycles. The molecule has 0 radical (unpaired) electrons. The van der Waals surface area contributed by atoms with Gasteiger partial charge < -0.3 is 10.1 Å². The van der Waals surface area contributed by atoms with Crippen LogP contribution in [-0.2, 0) is 0 Å². The number of hydrogen-bond donors (Lipinski definition) is 1. The fraction of sp³-hybridized carbons (Fsp3) is 0.600. The molecular formula is C15H22N2O. The summed E-state index contributed by atoms with van der Waals surface area (Å²) in [5.41, 5.74) is 0. The normalized spacial score (nSPS) is 28.0. The topological polar surface area (TPSA) is 24.5 Å². The van der Waals surface area contributed by atoms with Crippen LogP contribution in [-0.4, -0.2) is 43.7 Å². The molecule has 0 amide bonds. The van der Waals surface area contributed by atoms with E-state index in [4.69, 9.17) is 4.74 Å². The summed E-state index contributed by atoms with van der Waals surface area (Å²) < 4.78 is 5.76. The van der Waals surface area contributed by atoms with Crippen molar-refractivity contribution in [1.29, 1.82) is 0 Å². The van der Waals surface area contributed by atoms with E-state index in [1.165, 1.54) is 32.5 Å². The number of para-hydroxylation sites is 1. The van der Waals surface area contributed by atoms with E-state index in [0.29, 0.717) is 0 Å². The number of rotatable bonds is 4. The van der Waals surface area contributed by atoms with E-state index in [0.717, 1.165) is 30.9 Å². The third kappa shape index (κ3) is 2.85. The SMILES string of the molecule is c1ccc(OCCN2C[C@@H]3CCCN[C@@H]3C2)cc1. The average molecular weight is 246 g/mol. The zero-order valence-electron chi connectivity index (χ0n) is 10.8. The number of ether oxygens (including phenoxy) is 1. The maximum atomic E-state index is 5.76. The lowest BCUT2D eigenvalue weighted by Crippen LogP contribution is -2.40. The number of fused-ring (bicyclic) bond motifs is 1. The van der Waals surface area contributed by atoms with Crippen molar-refractivity contribution in [2.75, 3.05) is 32.8 Å². The molecule has 3 nitrogen and oxygen atoms in total. The van der Waals surface area contributed by atoms with E-state index in [9.17, 15) is 0 Å². The Hall–Kier alpha value is -1.06. The van der Waals surface area contributed by atoms with Gasteiger partial charge in [0.2, 0.25) is 0 Å². The van der Waals surface area contributed by atoms with Gasteiger partial charge in [-0.05, 0) is 37.4 Å². The minimum absolute atomic E-state index is 0.732. The largest absolute Gasteiger partial charge is 0.492 e. The Morgan fingerprint density at radius 2 is 2.11 bits per heavy atom. The predicted molar refractivity (Wildman–Crippen MR) is 72.9 cm³/mol. The molecule has 2 aliphatic heterocycles. The van der Waals surface area contributed by atoms with Crippen molar-refractivity contribution in [2.24, 2.45) is 5.92 Å². The lowest BCUT2D eigenvalue weighted by Gasteiger charge is -2.24. The highest BCUT2D eigenvalue weighted by Gasteiger charge is 2.33. The second kappa shape index (κ2) is 5.72. The van der Waals surface area contributed by atoms with Gasteiger partial charge in [0.25, 0.3) is 0 Å². The van der Waals surface area contributed by atoms with Crippen molar-refractivity contribution in [1.82, 2.24) is 10.2 Å². The first-order valence-corrected chi connectivity index (χ1v) is 7.05. The third-order valence-corrected chi connectivity index (χ3v) is 4.09. The van der Waals surface area contributed by atoms with Crippen LogP contribution in [0.4, 0.5) is 0 Å². The van der Waals surface area contributed by atoms with Crippen LogP contribution >= 0.6 is 0 Å². The van der Waals surface area contributed by atoms with E-state index < -0.39 is 0 Å². The van der Waals surface area contributed by atoms with Crippen LogP contribution in [0.2, 0.25) is 0 Å². The van der Waals surface area contributed by atoms with Crippen LogP contribution in [0.15, 0.2) is 30.3 Å². The van der Waals surface area contributed by atoms with Gasteiger partial charge in [-0.15, -0.1) is 0 Å². The molecule has 18 heavy (non-hydrogen) atoms. The molecule has 0 aliphatic carbocycles. The summed E-state index contributed by atoms with van der Waals surface area (Å²) >= 11 is 0. The minimum atomic E-state index is 0.732. The molecular weight excluding hydrogens is 224 g/mol. The third-order valence-electron chi connectivity index (χ3n) is 4.09. The van der Waals surface area contributed by atoms with Gasteiger partial charge in [0.1, 0.15) is 12.4 Å². The molecule has 0 unspecified atom stereocenters. The minimum Gasteiger partial charge on any atom is -0.492 e. The Bertz CT molecular complexity index is 354. The molecule has 2 saturated heterocycles. The molecule has 1 aromatic carbocycles. The summed E-state index contributed by atoms with van der Waals surface area (Å²) in [4.78, 5) is 2.54. The van der Waals surface area contributed by atoms with E-state index in [1.807, 2.05) is 30.3 Å². The van der Waals surface area contributed by atoms with Crippen molar-refractivity contribution in [2.45, 2.75) is 18.9 Å². The highest BCUT2D eigenvalue weighted by Crippen LogP contribution is 2.24. The van der Waals surface area contributed by atoms with Crippen molar-refractivity contribution < 1.29 is 4.74 Å². The molecule has 3 heteroatoms. The first-order chi connectivity index (χ1) is 8.92. The molecule has 2 aliphatic rings. The second-order valence-electron chi connectivity index (χ2n) is 5.38. The zero-order chi connectivity index (χ0) is 12.2. The Balaban J connectivity index is 1.42. The highest BCUT2D eigenvalue weighted by atomic mass is 16.5. The standard InChI is InChI=1S/C15H22N2O/c1-2-6-14(7-3-1)18-10-9-17-11-13-5-4-8-16-15(13)12-17/h1-3,6-7,13,15-16H,4-5,8-12H2/t13-,15+/m0/s1. The maximum Gasteiger partial charge on any atom is 0.119 e. The van der Waals surface area contributed by atoms with Gasteiger partial charge in [0, 0.05) is 25.7 Å². The molecule has 2 atom stereocenters. The summed E-state index contributed by atoms with van der Waals surface area (Å²) in [6, 6.07) is 10.8. The molecule has 1 aromatic rings. The van der Waals surface area contributed by atoms with Gasteiger partial charge in [-0.25, -0.2) is 0 Å². The van der Waals surface area contributed by atoms with Crippen molar-refractivity contribution in [3.63, 3.8) is 0 Å². The monoisotopic (exact) mass is 246 g/mol. The quantitative estimate of drug-likeness (QED) is 0.876. The van der Waals surface area contributed by atoms with Gasteiger partial charge in [-0.3, -0.25) is 4.90 Å². The molecule has 98 valence electrons. The molecule has 2 fully saturated rings. The molecule has 0 bridgehead atoms. The molecule has 0 aromatic heterocycles. The van der Waals surface area contributed by atoms with Gasteiger partial charge in [0.15, 0.2) is 0 Å². The van der Waals surface area contributed by atoms with Crippen LogP contribution < -0.4 is 10.1 Å². The van der Waals surface area contributed by atoms with Crippen molar-refractivity contribution in [3.05, 3.63) is 30.3 Å². The number of hydrogen-bond acceptors (Lipinski definition) is 3. The van der Waals surface area contributed by atoms with Gasteiger partial charge in [-0.1, -0.05) is 18.2 Å². The van der Waals surface area contributed by atoms with E-state index >= 15 is 0 Å². The van der Waals surface area contributed by atoms with Crippen molar-refractivity contribution in [3.8, 4) is 5.75 Å². The number of nitrogens with one attached hydrogen (secondary N) is 1. The smallest absolute Gasteiger partial charge is 0.119 e. The predicted octanol–water partition coefficient (Wildman–Crippen LogP) is 1.75. The van der Waals surface area contributed by atoms with E-state index in [1.54, 1.807) is 0 Å². The van der Waals surface area contributed by atoms with Crippen LogP contribution in [0.5, 0.6) is 5.75 Å². The summed E-state index contributed by atoms with van der Waals surface area (Å²) in [5.74, 6) is 1.85. The van der Waals surface area contributed by atoms with Gasteiger partial charge in [-0.2, -0.15) is 0 Å².